The molecule has 18 heavy (non-hydrogen) atoms. The van der Waals surface area contributed by atoms with Gasteiger partial charge in [-0.3, -0.25) is 0 Å². The lowest BCUT2D eigenvalue weighted by Gasteiger charge is -1.95. The van der Waals surface area contributed by atoms with Crippen LogP contribution in [-0.4, -0.2) is 12.2 Å². The van der Waals surface area contributed by atoms with Gasteiger partial charge in [0.25, 0.3) is 0 Å². The zero-order valence-electron chi connectivity index (χ0n) is 9.26. The third-order valence-corrected chi connectivity index (χ3v) is 2.12. The van der Waals surface area contributed by atoms with E-state index in [4.69, 9.17) is 10.2 Å². The summed E-state index contributed by atoms with van der Waals surface area (Å²) in [4.78, 5) is 10.4. The van der Waals surface area contributed by atoms with Crippen LogP contribution in [0, 0.1) is 5.82 Å². The van der Waals surface area contributed by atoms with E-state index in [1.807, 2.05) is 5.43 Å². The van der Waals surface area contributed by atoms with Crippen molar-refractivity contribution in [1.29, 1.82) is 0 Å². The standard InChI is InChI=1S/C12H10FN3O2/c13-9-3-1-8(2-4-9)11-6-5-10(18-11)7-15-16-12(14)17/h1-7H,(H3,14,16,17). The first-order valence-corrected chi connectivity index (χ1v) is 5.09. The first-order chi connectivity index (χ1) is 8.65. The van der Waals surface area contributed by atoms with E-state index in [0.717, 1.165) is 5.56 Å². The van der Waals surface area contributed by atoms with Crippen molar-refractivity contribution in [3.05, 3.63) is 48.0 Å². The van der Waals surface area contributed by atoms with E-state index in [2.05, 4.69) is 5.10 Å². The number of amides is 2. The third kappa shape index (κ3) is 2.94. The molecular formula is C12H10FN3O2. The van der Waals surface area contributed by atoms with Crippen LogP contribution in [0.1, 0.15) is 5.76 Å². The highest BCUT2D eigenvalue weighted by atomic mass is 19.1. The highest BCUT2D eigenvalue weighted by Crippen LogP contribution is 2.21. The van der Waals surface area contributed by atoms with Crippen molar-refractivity contribution in [1.82, 2.24) is 5.43 Å². The first kappa shape index (κ1) is 11.8. The molecule has 3 N–H and O–H groups in total. The highest BCUT2D eigenvalue weighted by Gasteiger charge is 2.03. The monoisotopic (exact) mass is 247 g/mol. The maximum atomic E-state index is 12.7. The molecule has 5 nitrogen and oxygen atoms in total. The molecule has 0 aliphatic rings. The van der Waals surface area contributed by atoms with Crippen LogP contribution in [0.15, 0.2) is 45.9 Å². The fourth-order valence-electron chi connectivity index (χ4n) is 1.35. The van der Waals surface area contributed by atoms with E-state index < -0.39 is 6.03 Å². The van der Waals surface area contributed by atoms with Crippen molar-refractivity contribution < 1.29 is 13.6 Å². The van der Waals surface area contributed by atoms with Gasteiger partial charge in [-0.1, -0.05) is 0 Å². The molecule has 0 atom stereocenters. The molecule has 1 aromatic heterocycles. The Bertz CT molecular complexity index is 575. The summed E-state index contributed by atoms with van der Waals surface area (Å²) in [6, 6.07) is 8.55. The van der Waals surface area contributed by atoms with Gasteiger partial charge in [-0.05, 0) is 36.4 Å². The number of hydrogen-bond donors (Lipinski definition) is 2. The maximum Gasteiger partial charge on any atom is 0.332 e. The molecule has 92 valence electrons. The summed E-state index contributed by atoms with van der Waals surface area (Å²) in [5, 5.41) is 3.56. The molecule has 0 unspecified atom stereocenters. The van der Waals surface area contributed by atoms with Gasteiger partial charge in [-0.15, -0.1) is 0 Å². The molecule has 0 aliphatic carbocycles. The SMILES string of the molecule is NC(=O)NN=Cc1ccc(-c2ccc(F)cc2)o1. The normalized spacial score (nSPS) is 10.7. The molecule has 0 spiro atoms. The second-order valence-electron chi connectivity index (χ2n) is 3.44. The van der Waals surface area contributed by atoms with Crippen LogP contribution in [0.4, 0.5) is 9.18 Å². The number of hydrogen-bond acceptors (Lipinski definition) is 3. The predicted molar refractivity (Wildman–Crippen MR) is 64.4 cm³/mol. The summed E-state index contributed by atoms with van der Waals surface area (Å²) < 4.78 is 18.2. The number of hydrazone groups is 1. The van der Waals surface area contributed by atoms with E-state index >= 15 is 0 Å². The number of nitrogens with one attached hydrogen (secondary N) is 1. The molecule has 0 bridgehead atoms. The summed E-state index contributed by atoms with van der Waals surface area (Å²) in [6.45, 7) is 0. The van der Waals surface area contributed by atoms with E-state index in [1.165, 1.54) is 18.3 Å². The lowest BCUT2D eigenvalue weighted by molar-refractivity contribution is 0.249. The van der Waals surface area contributed by atoms with Gasteiger partial charge in [0.15, 0.2) is 0 Å². The molecule has 2 aromatic rings. The van der Waals surface area contributed by atoms with Crippen molar-refractivity contribution in [2.75, 3.05) is 0 Å². The second kappa shape index (κ2) is 5.13. The van der Waals surface area contributed by atoms with Crippen LogP contribution >= 0.6 is 0 Å². The quantitative estimate of drug-likeness (QED) is 0.643. The van der Waals surface area contributed by atoms with Crippen molar-refractivity contribution in [2.45, 2.75) is 0 Å². The zero-order chi connectivity index (χ0) is 13.0. The van der Waals surface area contributed by atoms with Gasteiger partial charge in [0.1, 0.15) is 17.3 Å². The van der Waals surface area contributed by atoms with Crippen molar-refractivity contribution in [2.24, 2.45) is 10.8 Å². The molecule has 0 fully saturated rings. The Hall–Kier alpha value is -2.63. The summed E-state index contributed by atoms with van der Waals surface area (Å²) in [7, 11) is 0. The van der Waals surface area contributed by atoms with Crippen LogP contribution in [-0.2, 0) is 0 Å². The Morgan fingerprint density at radius 2 is 2.00 bits per heavy atom. The second-order valence-corrected chi connectivity index (χ2v) is 3.44. The lowest BCUT2D eigenvalue weighted by atomic mass is 10.2. The predicted octanol–water partition coefficient (Wildman–Crippen LogP) is 2.09. The van der Waals surface area contributed by atoms with Crippen molar-refractivity contribution in [3.8, 4) is 11.3 Å². The topological polar surface area (TPSA) is 80.6 Å². The number of primary amides is 1. The fraction of sp³-hybridized carbons (Fsp3) is 0. The number of nitrogens with two attached hydrogens (primary N) is 1. The summed E-state index contributed by atoms with van der Waals surface area (Å²) in [6.07, 6.45) is 1.32. The fourth-order valence-corrected chi connectivity index (χ4v) is 1.35. The zero-order valence-corrected chi connectivity index (χ0v) is 9.26. The van der Waals surface area contributed by atoms with E-state index in [1.54, 1.807) is 24.3 Å². The van der Waals surface area contributed by atoms with Gasteiger partial charge in [0, 0.05) is 5.56 Å². The number of urea groups is 1. The maximum absolute atomic E-state index is 12.7. The first-order valence-electron chi connectivity index (χ1n) is 5.09. The molecule has 2 rings (SSSR count). The highest BCUT2D eigenvalue weighted by molar-refractivity contribution is 5.79. The minimum absolute atomic E-state index is 0.308. The van der Waals surface area contributed by atoms with Crippen LogP contribution in [0.5, 0.6) is 0 Å². The van der Waals surface area contributed by atoms with Crippen molar-refractivity contribution >= 4 is 12.2 Å². The number of carbonyl (C=O) groups excluding carboxylic acids is 1. The smallest absolute Gasteiger partial charge is 0.332 e. The number of benzene rings is 1. The van der Waals surface area contributed by atoms with Gasteiger partial charge in [0.05, 0.1) is 6.21 Å². The minimum atomic E-state index is -0.753. The van der Waals surface area contributed by atoms with E-state index in [-0.39, 0.29) is 5.82 Å². The van der Waals surface area contributed by atoms with Crippen LogP contribution in [0.2, 0.25) is 0 Å². The molecule has 2 amide bonds. The molecular weight excluding hydrogens is 237 g/mol. The number of furan rings is 1. The van der Waals surface area contributed by atoms with Crippen LogP contribution in [0.3, 0.4) is 0 Å². The van der Waals surface area contributed by atoms with Crippen LogP contribution in [0.25, 0.3) is 11.3 Å². The Morgan fingerprint density at radius 1 is 1.28 bits per heavy atom. The average molecular weight is 247 g/mol. The van der Waals surface area contributed by atoms with Gasteiger partial charge in [0.2, 0.25) is 0 Å². The molecule has 1 heterocycles. The van der Waals surface area contributed by atoms with Gasteiger partial charge in [-0.25, -0.2) is 14.6 Å². The van der Waals surface area contributed by atoms with E-state index in [0.29, 0.717) is 11.5 Å². The summed E-state index contributed by atoms with van der Waals surface area (Å²) in [5.74, 6) is 0.719. The molecule has 0 saturated heterocycles. The molecule has 1 aromatic carbocycles. The van der Waals surface area contributed by atoms with E-state index in [9.17, 15) is 9.18 Å². The molecule has 0 radical (unpaired) electrons. The van der Waals surface area contributed by atoms with Crippen molar-refractivity contribution in [3.63, 3.8) is 0 Å². The van der Waals surface area contributed by atoms with Gasteiger partial charge < -0.3 is 10.2 Å². The number of halogens is 1. The van der Waals surface area contributed by atoms with Crippen LogP contribution < -0.4 is 11.2 Å². The minimum Gasteiger partial charge on any atom is -0.455 e. The Balaban J connectivity index is 2.12. The summed E-state index contributed by atoms with van der Waals surface area (Å²) >= 11 is 0. The number of nitrogens with zero attached hydrogens (tertiary/aromatic N) is 1. The molecule has 0 aliphatic heterocycles. The number of rotatable bonds is 3. The lowest BCUT2D eigenvalue weighted by Crippen LogP contribution is -2.24. The largest absolute Gasteiger partial charge is 0.455 e. The Morgan fingerprint density at radius 3 is 2.67 bits per heavy atom. The summed E-state index contributed by atoms with van der Waals surface area (Å²) in [5.41, 5.74) is 7.64. The van der Waals surface area contributed by atoms with Gasteiger partial charge >= 0.3 is 6.03 Å². The van der Waals surface area contributed by atoms with Gasteiger partial charge in [-0.2, -0.15) is 5.10 Å². The molecule has 0 saturated carbocycles. The molecule has 6 heteroatoms. The Kier molecular flexibility index (Phi) is 3.38. The number of carbonyl (C=O) groups is 1. The Labute approximate surface area is 102 Å². The third-order valence-electron chi connectivity index (χ3n) is 2.12. The average Bonchev–Trinajstić information content (AvgIpc) is 2.78.